The smallest absolute Gasteiger partial charge is 0.323 e. The zero-order chi connectivity index (χ0) is 9.14. The Morgan fingerprint density at radius 3 is 2.75 bits per heavy atom. The molecule has 0 aromatic rings. The van der Waals surface area contributed by atoms with Crippen LogP contribution in [0.1, 0.15) is 6.42 Å². The Hall–Kier alpha value is -0.970. The highest BCUT2D eigenvalue weighted by atomic mass is 19.3. The van der Waals surface area contributed by atoms with Crippen LogP contribution in [0.2, 0.25) is 0 Å². The molecule has 0 aliphatic carbocycles. The Bertz CT molecular complexity index is 223. The topological polar surface area (TPSA) is 38.3 Å². The molecule has 1 saturated heterocycles. The van der Waals surface area contributed by atoms with Crippen LogP contribution in [0, 0.1) is 0 Å². The number of carbonyl (C=O) groups is 1. The second-order valence-corrected chi connectivity index (χ2v) is 2.52. The van der Waals surface area contributed by atoms with Gasteiger partial charge in [-0.1, -0.05) is 0 Å². The SMILES string of the molecule is COC(=O)[C@@H]1CC(=C(F)F)CN1. The van der Waals surface area contributed by atoms with Crippen molar-refractivity contribution in [3.8, 4) is 0 Å². The summed E-state index contributed by atoms with van der Waals surface area (Å²) in [6, 6.07) is -0.605. The van der Waals surface area contributed by atoms with Crippen LogP contribution in [-0.4, -0.2) is 25.7 Å². The maximum absolute atomic E-state index is 12.0. The molecule has 5 heteroatoms. The summed E-state index contributed by atoms with van der Waals surface area (Å²) < 4.78 is 28.3. The molecule has 1 N–H and O–H groups in total. The standard InChI is InChI=1S/C7H9F2NO2/c1-12-7(11)5-2-4(3-10-5)6(8)9/h5,10H,2-3H2,1H3/t5-/m0/s1. The molecule has 1 rings (SSSR count). The molecule has 1 fully saturated rings. The molecular formula is C7H9F2NO2. The van der Waals surface area contributed by atoms with Gasteiger partial charge in [0.25, 0.3) is 6.08 Å². The second kappa shape index (κ2) is 3.62. The van der Waals surface area contributed by atoms with Gasteiger partial charge in [-0.15, -0.1) is 0 Å². The van der Waals surface area contributed by atoms with Crippen molar-refractivity contribution in [1.82, 2.24) is 5.32 Å². The Morgan fingerprint density at radius 2 is 2.33 bits per heavy atom. The Balaban J connectivity index is 2.57. The van der Waals surface area contributed by atoms with E-state index in [1.54, 1.807) is 0 Å². The average molecular weight is 177 g/mol. The quantitative estimate of drug-likeness (QED) is 0.598. The summed E-state index contributed by atoms with van der Waals surface area (Å²) in [5.41, 5.74) is -0.00889. The molecule has 0 spiro atoms. The predicted octanol–water partition coefficient (Wildman–Crippen LogP) is 0.672. The summed E-state index contributed by atoms with van der Waals surface area (Å²) in [7, 11) is 1.23. The van der Waals surface area contributed by atoms with Gasteiger partial charge in [-0.3, -0.25) is 4.79 Å². The molecule has 0 radical (unpaired) electrons. The largest absolute Gasteiger partial charge is 0.468 e. The number of hydrogen-bond acceptors (Lipinski definition) is 3. The molecular weight excluding hydrogens is 168 g/mol. The van der Waals surface area contributed by atoms with Gasteiger partial charge in [0.05, 0.1) is 7.11 Å². The number of nitrogens with one attached hydrogen (secondary N) is 1. The first-order chi connectivity index (χ1) is 5.65. The predicted molar refractivity (Wildman–Crippen MR) is 37.7 cm³/mol. The van der Waals surface area contributed by atoms with Crippen molar-refractivity contribution in [3.05, 3.63) is 11.7 Å². The van der Waals surface area contributed by atoms with Crippen molar-refractivity contribution in [2.45, 2.75) is 12.5 Å². The van der Waals surface area contributed by atoms with Crippen molar-refractivity contribution >= 4 is 5.97 Å². The third kappa shape index (κ3) is 1.79. The van der Waals surface area contributed by atoms with Crippen molar-refractivity contribution in [2.75, 3.05) is 13.7 Å². The van der Waals surface area contributed by atoms with Gasteiger partial charge < -0.3 is 10.1 Å². The summed E-state index contributed by atoms with van der Waals surface area (Å²) in [6.07, 6.45) is -1.65. The third-order valence-electron chi connectivity index (χ3n) is 1.77. The normalized spacial score (nSPS) is 22.6. The number of halogens is 2. The molecule has 1 aliphatic heterocycles. The van der Waals surface area contributed by atoms with Crippen LogP contribution in [-0.2, 0) is 9.53 Å². The van der Waals surface area contributed by atoms with Crippen LogP contribution in [0.15, 0.2) is 11.7 Å². The second-order valence-electron chi connectivity index (χ2n) is 2.52. The highest BCUT2D eigenvalue weighted by molar-refractivity contribution is 5.76. The monoisotopic (exact) mass is 177 g/mol. The summed E-state index contributed by atoms with van der Waals surface area (Å²) in [6.45, 7) is 0.0715. The lowest BCUT2D eigenvalue weighted by atomic mass is 10.2. The van der Waals surface area contributed by atoms with E-state index in [4.69, 9.17) is 0 Å². The van der Waals surface area contributed by atoms with Gasteiger partial charge in [-0.05, 0) is 0 Å². The minimum atomic E-state index is -1.70. The van der Waals surface area contributed by atoms with E-state index in [2.05, 4.69) is 10.1 Å². The lowest BCUT2D eigenvalue weighted by Gasteiger charge is -2.04. The van der Waals surface area contributed by atoms with Crippen molar-refractivity contribution in [1.29, 1.82) is 0 Å². The number of methoxy groups -OCH3 is 1. The number of carbonyl (C=O) groups excluding carboxylic acids is 1. The molecule has 0 saturated carbocycles. The molecule has 1 atom stereocenters. The zero-order valence-electron chi connectivity index (χ0n) is 6.56. The summed E-state index contributed by atoms with van der Waals surface area (Å²) in [4.78, 5) is 10.8. The van der Waals surface area contributed by atoms with Gasteiger partial charge in [0.2, 0.25) is 0 Å². The maximum Gasteiger partial charge on any atom is 0.323 e. The summed E-state index contributed by atoms with van der Waals surface area (Å²) >= 11 is 0. The molecule has 0 unspecified atom stereocenters. The van der Waals surface area contributed by atoms with Crippen LogP contribution < -0.4 is 5.32 Å². The fraction of sp³-hybridized carbons (Fsp3) is 0.571. The number of esters is 1. The summed E-state index contributed by atoms with van der Waals surface area (Å²) in [5.74, 6) is -0.494. The van der Waals surface area contributed by atoms with Gasteiger partial charge in [0.1, 0.15) is 6.04 Å². The molecule has 1 aliphatic rings. The molecule has 3 nitrogen and oxygen atoms in total. The first kappa shape index (κ1) is 9.12. The highest BCUT2D eigenvalue weighted by Crippen LogP contribution is 2.19. The molecule has 0 aromatic carbocycles. The van der Waals surface area contributed by atoms with Gasteiger partial charge in [0.15, 0.2) is 0 Å². The molecule has 0 amide bonds. The van der Waals surface area contributed by atoms with Gasteiger partial charge in [-0.2, -0.15) is 8.78 Å². The van der Waals surface area contributed by atoms with Crippen LogP contribution in [0.4, 0.5) is 8.78 Å². The van der Waals surface area contributed by atoms with E-state index in [1.165, 1.54) is 7.11 Å². The minimum absolute atomic E-state index is 0.00889. The first-order valence-corrected chi connectivity index (χ1v) is 3.49. The molecule has 0 aromatic heterocycles. The van der Waals surface area contributed by atoms with E-state index in [0.29, 0.717) is 0 Å². The number of hydrogen-bond donors (Lipinski definition) is 1. The Labute approximate surface area is 68.4 Å². The molecule has 1 heterocycles. The van der Waals surface area contributed by atoms with Gasteiger partial charge in [-0.25, -0.2) is 0 Å². The maximum atomic E-state index is 12.0. The fourth-order valence-electron chi connectivity index (χ4n) is 1.09. The van der Waals surface area contributed by atoms with Crippen LogP contribution in [0.5, 0.6) is 0 Å². The van der Waals surface area contributed by atoms with Crippen LogP contribution in [0.3, 0.4) is 0 Å². The van der Waals surface area contributed by atoms with E-state index in [-0.39, 0.29) is 18.5 Å². The molecule has 12 heavy (non-hydrogen) atoms. The van der Waals surface area contributed by atoms with E-state index in [1.807, 2.05) is 0 Å². The van der Waals surface area contributed by atoms with E-state index < -0.39 is 18.1 Å². The van der Waals surface area contributed by atoms with Gasteiger partial charge >= 0.3 is 5.97 Å². The fourth-order valence-corrected chi connectivity index (χ4v) is 1.09. The third-order valence-corrected chi connectivity index (χ3v) is 1.77. The Morgan fingerprint density at radius 1 is 1.67 bits per heavy atom. The van der Waals surface area contributed by atoms with Crippen LogP contribution in [0.25, 0.3) is 0 Å². The van der Waals surface area contributed by atoms with E-state index in [0.717, 1.165) is 0 Å². The number of ether oxygens (including phenoxy) is 1. The first-order valence-electron chi connectivity index (χ1n) is 3.49. The molecule has 68 valence electrons. The zero-order valence-corrected chi connectivity index (χ0v) is 6.56. The summed E-state index contributed by atoms with van der Waals surface area (Å²) in [5, 5.41) is 2.63. The minimum Gasteiger partial charge on any atom is -0.468 e. The average Bonchev–Trinajstić information content (AvgIpc) is 2.51. The van der Waals surface area contributed by atoms with E-state index >= 15 is 0 Å². The van der Waals surface area contributed by atoms with Crippen LogP contribution >= 0.6 is 0 Å². The molecule has 0 bridgehead atoms. The number of rotatable bonds is 1. The van der Waals surface area contributed by atoms with Crippen molar-refractivity contribution in [3.63, 3.8) is 0 Å². The van der Waals surface area contributed by atoms with Crippen molar-refractivity contribution in [2.24, 2.45) is 0 Å². The lowest BCUT2D eigenvalue weighted by Crippen LogP contribution is -2.31. The Kier molecular flexibility index (Phi) is 2.75. The lowest BCUT2D eigenvalue weighted by molar-refractivity contribution is -0.142. The van der Waals surface area contributed by atoms with E-state index in [9.17, 15) is 13.6 Å². The van der Waals surface area contributed by atoms with Gasteiger partial charge in [0, 0.05) is 18.5 Å². The van der Waals surface area contributed by atoms with Crippen molar-refractivity contribution < 1.29 is 18.3 Å². The highest BCUT2D eigenvalue weighted by Gasteiger charge is 2.28.